The number of guanidine groups is 1. The molecule has 2 rings (SSSR count). The zero-order valence-electron chi connectivity index (χ0n) is 10.6. The third-order valence-electron chi connectivity index (χ3n) is 2.80. The van der Waals surface area contributed by atoms with Gasteiger partial charge in [-0.05, 0) is 37.1 Å². The first-order chi connectivity index (χ1) is 8.66. The maximum atomic E-state index is 9.90. The molecular formula is C15H16N3. The zero-order valence-corrected chi connectivity index (χ0v) is 10.6. The van der Waals surface area contributed by atoms with Gasteiger partial charge in [-0.15, -0.1) is 5.41 Å². The van der Waals surface area contributed by atoms with E-state index in [1.165, 1.54) is 0 Å². The van der Waals surface area contributed by atoms with Crippen molar-refractivity contribution >= 4 is 17.3 Å². The number of hydrogen-bond acceptors (Lipinski definition) is 0. The van der Waals surface area contributed by atoms with Crippen LogP contribution in [-0.2, 0) is 0 Å². The molecule has 0 unspecified atom stereocenters. The van der Waals surface area contributed by atoms with Gasteiger partial charge in [-0.3, -0.25) is 0 Å². The number of hydrogen-bond donors (Lipinski definition) is 2. The van der Waals surface area contributed by atoms with E-state index in [1.807, 2.05) is 62.4 Å². The van der Waals surface area contributed by atoms with Crippen LogP contribution in [0.1, 0.15) is 11.1 Å². The molecule has 18 heavy (non-hydrogen) atoms. The summed E-state index contributed by atoms with van der Waals surface area (Å²) >= 11 is 0. The molecule has 0 amide bonds. The first kappa shape index (κ1) is 12.2. The molecule has 2 aromatic carbocycles. The Bertz CT molecular complexity index is 512. The van der Waals surface area contributed by atoms with Crippen LogP contribution >= 0.6 is 0 Å². The number of para-hydroxylation sites is 2. The second-order valence-electron chi connectivity index (χ2n) is 4.23. The number of nitrogens with zero attached hydrogens (tertiary/aromatic N) is 1. The minimum Gasteiger partial charge on any atom is -0.324 e. The molecule has 0 spiro atoms. The lowest BCUT2D eigenvalue weighted by molar-refractivity contribution is 1.42. The lowest BCUT2D eigenvalue weighted by atomic mass is 10.2. The van der Waals surface area contributed by atoms with Gasteiger partial charge in [0.05, 0.1) is 0 Å². The predicted octanol–water partition coefficient (Wildman–Crippen LogP) is 2.98. The minimum absolute atomic E-state index is 0.0265. The molecule has 0 bridgehead atoms. The van der Waals surface area contributed by atoms with Crippen LogP contribution in [0.5, 0.6) is 0 Å². The largest absolute Gasteiger partial charge is 0.324 e. The van der Waals surface area contributed by atoms with E-state index < -0.39 is 0 Å². The average molecular weight is 238 g/mol. The molecule has 0 aliphatic carbocycles. The second-order valence-corrected chi connectivity index (χ2v) is 4.23. The normalized spacial score (nSPS) is 9.89. The molecule has 0 atom stereocenters. The Morgan fingerprint density at radius 1 is 0.778 bits per heavy atom. The van der Waals surface area contributed by atoms with Crippen LogP contribution in [0, 0.1) is 13.8 Å². The van der Waals surface area contributed by atoms with Crippen molar-refractivity contribution in [3.05, 3.63) is 59.7 Å². The summed E-state index contributed by atoms with van der Waals surface area (Å²) in [5.41, 5.74) is 3.93. The van der Waals surface area contributed by atoms with Crippen molar-refractivity contribution in [2.45, 2.75) is 13.8 Å². The Labute approximate surface area is 107 Å². The molecule has 0 fully saturated rings. The highest BCUT2D eigenvalue weighted by Gasteiger charge is 2.03. The van der Waals surface area contributed by atoms with E-state index in [0.29, 0.717) is 0 Å². The fraction of sp³-hybridized carbons (Fsp3) is 0.133. The summed E-state index contributed by atoms with van der Waals surface area (Å²) in [4.78, 5) is 0. The van der Waals surface area contributed by atoms with Crippen LogP contribution in [0.3, 0.4) is 0 Å². The van der Waals surface area contributed by atoms with Gasteiger partial charge in [0.25, 0.3) is 0 Å². The van der Waals surface area contributed by atoms with Gasteiger partial charge in [0.15, 0.2) is 0 Å². The molecule has 0 aromatic heterocycles. The summed E-state index contributed by atoms with van der Waals surface area (Å²) in [6.07, 6.45) is 0. The molecule has 2 aromatic rings. The Morgan fingerprint density at radius 3 is 1.56 bits per heavy atom. The Hall–Kier alpha value is -2.29. The van der Waals surface area contributed by atoms with E-state index in [1.54, 1.807) is 0 Å². The van der Waals surface area contributed by atoms with Crippen molar-refractivity contribution in [2.75, 3.05) is 10.6 Å². The van der Waals surface area contributed by atoms with Crippen LogP contribution in [0.15, 0.2) is 48.5 Å². The fourth-order valence-electron chi connectivity index (χ4n) is 1.71. The first-order valence-electron chi connectivity index (χ1n) is 5.88. The summed E-state index contributed by atoms with van der Waals surface area (Å²) in [7, 11) is 0. The molecule has 0 aliphatic rings. The van der Waals surface area contributed by atoms with Crippen LogP contribution in [-0.4, -0.2) is 5.96 Å². The van der Waals surface area contributed by atoms with Crippen molar-refractivity contribution in [1.82, 2.24) is 5.41 Å². The van der Waals surface area contributed by atoms with Crippen molar-refractivity contribution in [3.63, 3.8) is 0 Å². The maximum Gasteiger partial charge on any atom is 0.225 e. The molecule has 91 valence electrons. The maximum absolute atomic E-state index is 9.90. The van der Waals surface area contributed by atoms with Crippen LogP contribution in [0.25, 0.3) is 0 Å². The van der Waals surface area contributed by atoms with Crippen LogP contribution < -0.4 is 16.0 Å². The van der Waals surface area contributed by atoms with Gasteiger partial charge < -0.3 is 10.6 Å². The van der Waals surface area contributed by atoms with E-state index in [0.717, 1.165) is 22.5 Å². The second kappa shape index (κ2) is 5.36. The molecule has 1 radical (unpaired) electrons. The predicted molar refractivity (Wildman–Crippen MR) is 76.7 cm³/mol. The minimum atomic E-state index is 0.0265. The molecule has 0 heterocycles. The van der Waals surface area contributed by atoms with Crippen molar-refractivity contribution in [2.24, 2.45) is 0 Å². The number of aryl methyl sites for hydroxylation is 2. The lowest BCUT2D eigenvalue weighted by Crippen LogP contribution is -2.23. The summed E-state index contributed by atoms with van der Waals surface area (Å²) in [5, 5.41) is 15.8. The lowest BCUT2D eigenvalue weighted by Gasteiger charge is -2.12. The van der Waals surface area contributed by atoms with Gasteiger partial charge in [-0.2, -0.15) is 0 Å². The molecule has 3 nitrogen and oxygen atoms in total. The first-order valence-corrected chi connectivity index (χ1v) is 5.88. The van der Waals surface area contributed by atoms with E-state index in [4.69, 9.17) is 0 Å². The van der Waals surface area contributed by atoms with E-state index in [9.17, 15) is 5.41 Å². The molecule has 0 aliphatic heterocycles. The highest BCUT2D eigenvalue weighted by atomic mass is 15.1. The molecule has 0 saturated heterocycles. The quantitative estimate of drug-likeness (QED) is 0.624. The van der Waals surface area contributed by atoms with Gasteiger partial charge in [-0.25, -0.2) is 0 Å². The number of benzene rings is 2. The fourth-order valence-corrected chi connectivity index (χ4v) is 1.71. The number of nitrogens with one attached hydrogen (secondary N) is 2. The van der Waals surface area contributed by atoms with E-state index >= 15 is 0 Å². The van der Waals surface area contributed by atoms with Crippen LogP contribution in [0.2, 0.25) is 0 Å². The van der Waals surface area contributed by atoms with Gasteiger partial charge in [-0.1, -0.05) is 36.4 Å². The van der Waals surface area contributed by atoms with Gasteiger partial charge in [0.2, 0.25) is 5.96 Å². The summed E-state index contributed by atoms with van der Waals surface area (Å²) in [6, 6.07) is 15.6. The van der Waals surface area contributed by atoms with Crippen molar-refractivity contribution < 1.29 is 0 Å². The van der Waals surface area contributed by atoms with Gasteiger partial charge in [0, 0.05) is 11.4 Å². The topological polar surface area (TPSA) is 46.4 Å². The van der Waals surface area contributed by atoms with Crippen molar-refractivity contribution in [3.8, 4) is 0 Å². The zero-order chi connectivity index (χ0) is 13.0. The number of anilines is 2. The van der Waals surface area contributed by atoms with E-state index in [-0.39, 0.29) is 5.96 Å². The molecule has 0 saturated carbocycles. The monoisotopic (exact) mass is 238 g/mol. The Balaban J connectivity index is 2.06. The third kappa shape index (κ3) is 2.88. The highest BCUT2D eigenvalue weighted by molar-refractivity contribution is 6.02. The standard InChI is InChI=1S/C15H16N3/c1-11-7-3-5-9-13(11)17-15(16)18-14-10-6-4-8-12(14)2/h3-10,17-18H,1-2H3. The number of rotatable bonds is 2. The summed E-state index contributed by atoms with van der Waals surface area (Å²) in [6.45, 7) is 3.98. The molecule has 3 heteroatoms. The Kier molecular flexibility index (Phi) is 3.63. The van der Waals surface area contributed by atoms with Crippen LogP contribution in [0.4, 0.5) is 11.4 Å². The molecular weight excluding hydrogens is 222 g/mol. The smallest absolute Gasteiger partial charge is 0.225 e. The van der Waals surface area contributed by atoms with E-state index in [2.05, 4.69) is 10.6 Å². The highest BCUT2D eigenvalue weighted by Crippen LogP contribution is 2.15. The van der Waals surface area contributed by atoms with Gasteiger partial charge in [0.1, 0.15) is 0 Å². The molecule has 2 N–H and O–H groups in total. The third-order valence-corrected chi connectivity index (χ3v) is 2.80. The van der Waals surface area contributed by atoms with Gasteiger partial charge >= 0.3 is 0 Å². The Morgan fingerprint density at radius 2 is 1.17 bits per heavy atom. The summed E-state index contributed by atoms with van der Waals surface area (Å²) < 4.78 is 0. The summed E-state index contributed by atoms with van der Waals surface area (Å²) in [5.74, 6) is 0.0265. The SMILES string of the molecule is Cc1ccccc1NC(=[N])Nc1ccccc1C. The van der Waals surface area contributed by atoms with Crippen molar-refractivity contribution in [1.29, 1.82) is 0 Å². The average Bonchev–Trinajstić information content (AvgIpc) is 2.35.